The Morgan fingerprint density at radius 3 is 2.86 bits per heavy atom. The van der Waals surface area contributed by atoms with Gasteiger partial charge in [0, 0.05) is 19.7 Å². The van der Waals surface area contributed by atoms with E-state index in [-0.39, 0.29) is 6.04 Å². The molecular formula is C16H14N2OS2. The Balaban J connectivity index is 1.81. The second-order valence-corrected chi connectivity index (χ2v) is 7.15. The summed E-state index contributed by atoms with van der Waals surface area (Å²) in [5.41, 5.74) is 5.01. The molecule has 0 bridgehead atoms. The molecule has 4 aromatic rings. The first-order chi connectivity index (χ1) is 10.2. The van der Waals surface area contributed by atoms with Crippen LogP contribution in [0.5, 0.6) is 0 Å². The lowest BCUT2D eigenvalue weighted by Crippen LogP contribution is -2.27. The van der Waals surface area contributed by atoms with Crippen LogP contribution in [-0.2, 0) is 0 Å². The van der Waals surface area contributed by atoms with Gasteiger partial charge in [-0.25, -0.2) is 5.43 Å². The van der Waals surface area contributed by atoms with Crippen molar-refractivity contribution in [1.82, 2.24) is 5.43 Å². The largest absolute Gasteiger partial charge is 0.459 e. The fourth-order valence-corrected chi connectivity index (χ4v) is 4.75. The van der Waals surface area contributed by atoms with E-state index in [0.29, 0.717) is 0 Å². The Morgan fingerprint density at radius 2 is 2.05 bits per heavy atom. The van der Waals surface area contributed by atoms with Crippen molar-refractivity contribution in [3.05, 3.63) is 58.0 Å². The number of nitrogens with one attached hydrogen (secondary N) is 1. The molecule has 3 N–H and O–H groups in total. The van der Waals surface area contributed by atoms with E-state index >= 15 is 0 Å². The van der Waals surface area contributed by atoms with E-state index in [0.717, 1.165) is 16.7 Å². The molecule has 4 rings (SSSR count). The molecule has 0 radical (unpaired) electrons. The van der Waals surface area contributed by atoms with E-state index in [1.165, 1.54) is 19.8 Å². The molecule has 0 aliphatic rings. The first-order valence-corrected chi connectivity index (χ1v) is 8.37. The third-order valence-electron chi connectivity index (χ3n) is 3.58. The highest BCUT2D eigenvalue weighted by Gasteiger charge is 2.20. The van der Waals surface area contributed by atoms with Gasteiger partial charge in [-0.15, -0.1) is 22.7 Å². The first kappa shape index (κ1) is 13.0. The van der Waals surface area contributed by atoms with Gasteiger partial charge in [-0.2, -0.15) is 0 Å². The van der Waals surface area contributed by atoms with Crippen molar-refractivity contribution in [2.75, 3.05) is 0 Å². The van der Waals surface area contributed by atoms with Crippen molar-refractivity contribution in [1.29, 1.82) is 0 Å². The molecule has 0 aliphatic heterocycles. The predicted molar refractivity (Wildman–Crippen MR) is 89.8 cm³/mol. The maximum Gasteiger partial charge on any atom is 0.134 e. The minimum Gasteiger partial charge on any atom is -0.459 e. The molecule has 0 aliphatic carbocycles. The minimum atomic E-state index is -0.109. The molecule has 0 fully saturated rings. The van der Waals surface area contributed by atoms with E-state index in [2.05, 4.69) is 48.1 Å². The fraction of sp³-hybridized carbons (Fsp3) is 0.125. The van der Waals surface area contributed by atoms with Crippen molar-refractivity contribution in [3.63, 3.8) is 0 Å². The van der Waals surface area contributed by atoms with Crippen molar-refractivity contribution in [2.45, 2.75) is 13.0 Å². The number of benzene rings is 1. The second kappa shape index (κ2) is 4.96. The van der Waals surface area contributed by atoms with Gasteiger partial charge in [-0.05, 0) is 42.6 Å². The van der Waals surface area contributed by atoms with Crippen LogP contribution in [0.2, 0.25) is 0 Å². The number of furan rings is 1. The maximum absolute atomic E-state index is 5.97. The van der Waals surface area contributed by atoms with Crippen LogP contribution in [0.15, 0.2) is 46.2 Å². The lowest BCUT2D eigenvalue weighted by molar-refractivity contribution is 0.481. The molecule has 106 valence electrons. The molecule has 21 heavy (non-hydrogen) atoms. The summed E-state index contributed by atoms with van der Waals surface area (Å²) in [6.07, 6.45) is 0. The zero-order chi connectivity index (χ0) is 14.4. The molecule has 3 heterocycles. The normalized spacial score (nSPS) is 13.2. The topological polar surface area (TPSA) is 51.2 Å². The first-order valence-electron chi connectivity index (χ1n) is 6.68. The quantitative estimate of drug-likeness (QED) is 0.430. The Hall–Kier alpha value is -1.66. The average Bonchev–Trinajstić information content (AvgIpc) is 3.12. The highest BCUT2D eigenvalue weighted by Crippen LogP contribution is 2.37. The molecule has 1 unspecified atom stereocenters. The Kier molecular flexibility index (Phi) is 3.08. The number of nitrogens with two attached hydrogens (primary N) is 1. The minimum absolute atomic E-state index is 0.109. The zero-order valence-corrected chi connectivity index (χ0v) is 13.1. The summed E-state index contributed by atoms with van der Waals surface area (Å²) in [4.78, 5) is 1.18. The number of aryl methyl sites for hydroxylation is 1. The molecule has 1 aromatic carbocycles. The van der Waals surface area contributed by atoms with Crippen molar-refractivity contribution < 1.29 is 4.42 Å². The van der Waals surface area contributed by atoms with Gasteiger partial charge in [0.05, 0.1) is 0 Å². The smallest absolute Gasteiger partial charge is 0.134 e. The molecule has 1 atom stereocenters. The number of fused-ring (bicyclic) bond motifs is 2. The lowest BCUT2D eigenvalue weighted by atomic mass is 10.1. The Morgan fingerprint density at radius 1 is 1.14 bits per heavy atom. The third kappa shape index (κ3) is 2.18. The van der Waals surface area contributed by atoms with Gasteiger partial charge in [0.15, 0.2) is 0 Å². The summed E-state index contributed by atoms with van der Waals surface area (Å²) in [6, 6.07) is 12.5. The number of hydrogen-bond donors (Lipinski definition) is 2. The predicted octanol–water partition coefficient (Wildman–Crippen LogP) is 4.57. The van der Waals surface area contributed by atoms with Crippen LogP contribution in [0.3, 0.4) is 0 Å². The van der Waals surface area contributed by atoms with Crippen LogP contribution in [0.25, 0.3) is 20.4 Å². The van der Waals surface area contributed by atoms with Gasteiger partial charge in [-0.3, -0.25) is 5.84 Å². The van der Waals surface area contributed by atoms with Crippen LogP contribution in [0.1, 0.15) is 22.2 Å². The monoisotopic (exact) mass is 314 g/mol. The van der Waals surface area contributed by atoms with Crippen molar-refractivity contribution in [3.8, 4) is 0 Å². The number of rotatable bonds is 3. The van der Waals surface area contributed by atoms with Crippen LogP contribution >= 0.6 is 22.7 Å². The number of hydrogen-bond acceptors (Lipinski definition) is 5. The van der Waals surface area contributed by atoms with Gasteiger partial charge in [-0.1, -0.05) is 11.6 Å². The highest BCUT2D eigenvalue weighted by molar-refractivity contribution is 7.27. The summed E-state index contributed by atoms with van der Waals surface area (Å²) in [7, 11) is 0. The molecule has 0 amide bonds. The van der Waals surface area contributed by atoms with Crippen LogP contribution in [0, 0.1) is 6.92 Å². The molecular weight excluding hydrogens is 300 g/mol. The summed E-state index contributed by atoms with van der Waals surface area (Å²) in [5, 5.41) is 3.23. The number of thiophene rings is 2. The maximum atomic E-state index is 5.97. The SMILES string of the molecule is Cc1ccc2oc(C(NN)c3cc4sccc4s3)cc2c1. The van der Waals surface area contributed by atoms with E-state index in [1.54, 1.807) is 22.7 Å². The van der Waals surface area contributed by atoms with E-state index in [4.69, 9.17) is 10.3 Å². The summed E-state index contributed by atoms with van der Waals surface area (Å²) < 4.78 is 8.56. The van der Waals surface area contributed by atoms with Crippen molar-refractivity contribution >= 4 is 43.0 Å². The van der Waals surface area contributed by atoms with Gasteiger partial charge in [0.1, 0.15) is 17.4 Å². The van der Waals surface area contributed by atoms with Gasteiger partial charge >= 0.3 is 0 Å². The van der Waals surface area contributed by atoms with E-state index in [1.807, 2.05) is 6.07 Å². The van der Waals surface area contributed by atoms with E-state index < -0.39 is 0 Å². The fourth-order valence-electron chi connectivity index (χ4n) is 2.56. The summed E-state index contributed by atoms with van der Waals surface area (Å²) in [6.45, 7) is 2.08. The summed E-state index contributed by atoms with van der Waals surface area (Å²) in [5.74, 6) is 6.63. The van der Waals surface area contributed by atoms with Crippen LogP contribution < -0.4 is 11.3 Å². The Labute approximate surface area is 130 Å². The Bertz CT molecular complexity index is 890. The summed E-state index contributed by atoms with van der Waals surface area (Å²) >= 11 is 3.50. The molecule has 3 nitrogen and oxygen atoms in total. The molecule has 0 saturated heterocycles. The third-order valence-corrected chi connectivity index (χ3v) is 5.74. The lowest BCUT2D eigenvalue weighted by Gasteiger charge is -2.10. The van der Waals surface area contributed by atoms with Gasteiger partial charge in [0.2, 0.25) is 0 Å². The number of hydrazine groups is 1. The zero-order valence-electron chi connectivity index (χ0n) is 11.4. The van der Waals surface area contributed by atoms with Gasteiger partial charge in [0.25, 0.3) is 0 Å². The standard InChI is InChI=1S/C16H14N2OS2/c1-9-2-3-11-10(6-9)7-12(19-11)16(18-17)15-8-14-13(21-15)4-5-20-14/h2-8,16,18H,17H2,1H3. The van der Waals surface area contributed by atoms with Crippen LogP contribution in [-0.4, -0.2) is 0 Å². The van der Waals surface area contributed by atoms with Gasteiger partial charge < -0.3 is 4.42 Å². The molecule has 0 saturated carbocycles. The second-order valence-electron chi connectivity index (χ2n) is 5.09. The van der Waals surface area contributed by atoms with E-state index in [9.17, 15) is 0 Å². The van der Waals surface area contributed by atoms with Crippen LogP contribution in [0.4, 0.5) is 0 Å². The van der Waals surface area contributed by atoms with Crippen molar-refractivity contribution in [2.24, 2.45) is 5.84 Å². The molecule has 3 aromatic heterocycles. The highest BCUT2D eigenvalue weighted by atomic mass is 32.1. The molecule has 5 heteroatoms. The average molecular weight is 314 g/mol. The molecule has 0 spiro atoms.